The SMILES string of the molecule is c1cc(-c2ccc(-n3c4ccccc4c4ccccc43)cc2)nc(-c2ccc(-n3c4ccccc4c4ccccc43)cc2)c1.c1ccc(-c2cc(-c3ccc(-n4c5ccccc5c5ccccc54)cc3)nc(-c3ccc(-n4c5ccccc5c5ccccc54)cc3)c2)cc1.c1ccc(-c2ncc(-c3ccc(-n4c5ccccc5c5ccccc54)cc3)cn2)cc1. The molecular weight excluding hydrogens is 1520 g/mol. The van der Waals surface area contributed by atoms with E-state index in [-0.39, 0.29) is 0 Å². The molecule has 0 atom stereocenters. The third-order valence-electron chi connectivity index (χ3n) is 24.4. The smallest absolute Gasteiger partial charge is 0.159 e. The lowest BCUT2D eigenvalue weighted by molar-refractivity contribution is 1.17. The van der Waals surface area contributed by atoms with Crippen LogP contribution in [0.3, 0.4) is 0 Å². The average Bonchev–Trinajstić information content (AvgIpc) is 1.64. The van der Waals surface area contributed by atoms with Crippen LogP contribution in [0.15, 0.2) is 467 Å². The molecule has 0 aliphatic heterocycles. The number of pyridine rings is 2. The average molecular weight is 1600 g/mol. The van der Waals surface area contributed by atoms with E-state index in [9.17, 15) is 0 Å². The van der Waals surface area contributed by atoms with Crippen LogP contribution in [0.25, 0.3) is 216 Å². The maximum absolute atomic E-state index is 5.27. The number of para-hydroxylation sites is 10. The molecule has 0 aliphatic carbocycles. The molecule has 586 valence electrons. The Morgan fingerprint density at radius 1 is 0.136 bits per heavy atom. The highest BCUT2D eigenvalue weighted by molar-refractivity contribution is 6.13. The van der Waals surface area contributed by atoms with Gasteiger partial charge in [-0.3, -0.25) is 0 Å². The summed E-state index contributed by atoms with van der Waals surface area (Å²) in [6, 6.07) is 161. The van der Waals surface area contributed by atoms with Gasteiger partial charge < -0.3 is 22.8 Å². The van der Waals surface area contributed by atoms with Crippen molar-refractivity contribution in [3.8, 4) is 107 Å². The number of nitrogens with zero attached hydrogens (tertiary/aromatic N) is 9. The minimum Gasteiger partial charge on any atom is -0.309 e. The molecule has 0 aliphatic rings. The van der Waals surface area contributed by atoms with Gasteiger partial charge in [0.15, 0.2) is 5.82 Å². The van der Waals surface area contributed by atoms with Crippen LogP contribution in [0, 0.1) is 0 Å². The maximum Gasteiger partial charge on any atom is 0.159 e. The fraction of sp³-hybridized carbons (Fsp3) is 0. The van der Waals surface area contributed by atoms with Crippen molar-refractivity contribution in [3.05, 3.63) is 467 Å². The molecule has 8 heterocycles. The summed E-state index contributed by atoms with van der Waals surface area (Å²) in [6.45, 7) is 0. The van der Waals surface area contributed by atoms with Gasteiger partial charge in [-0.25, -0.2) is 19.9 Å². The number of aromatic nitrogens is 9. The lowest BCUT2D eigenvalue weighted by Gasteiger charge is -2.13. The fourth-order valence-electron chi connectivity index (χ4n) is 18.5. The summed E-state index contributed by atoms with van der Waals surface area (Å²) in [7, 11) is 0. The third-order valence-corrected chi connectivity index (χ3v) is 24.4. The van der Waals surface area contributed by atoms with Crippen LogP contribution in [0.4, 0.5) is 0 Å². The predicted molar refractivity (Wildman–Crippen MR) is 520 cm³/mol. The molecule has 0 fully saturated rings. The van der Waals surface area contributed by atoms with Gasteiger partial charge in [-0.05, 0) is 162 Å². The Balaban J connectivity index is 0.000000111. The zero-order valence-corrected chi connectivity index (χ0v) is 68.0. The number of hydrogen-bond acceptors (Lipinski definition) is 4. The topological polar surface area (TPSA) is 76.2 Å². The van der Waals surface area contributed by atoms with Crippen LogP contribution in [-0.4, -0.2) is 42.8 Å². The first-order valence-electron chi connectivity index (χ1n) is 42.4. The molecule has 0 saturated heterocycles. The lowest BCUT2D eigenvalue weighted by Crippen LogP contribution is -1.96. The summed E-state index contributed by atoms with van der Waals surface area (Å²) in [6.07, 6.45) is 3.79. The summed E-state index contributed by atoms with van der Waals surface area (Å²) < 4.78 is 11.7. The van der Waals surface area contributed by atoms with Crippen LogP contribution in [0.5, 0.6) is 0 Å². The van der Waals surface area contributed by atoms with Crippen molar-refractivity contribution in [1.29, 1.82) is 0 Å². The number of fused-ring (bicyclic) bond motifs is 15. The van der Waals surface area contributed by atoms with E-state index < -0.39 is 0 Å². The van der Waals surface area contributed by atoms with E-state index in [1.54, 1.807) is 0 Å². The second-order valence-electron chi connectivity index (χ2n) is 31.6. The fourth-order valence-corrected chi connectivity index (χ4v) is 18.5. The largest absolute Gasteiger partial charge is 0.309 e. The van der Waals surface area contributed by atoms with Gasteiger partial charge in [-0.15, -0.1) is 0 Å². The van der Waals surface area contributed by atoms with Crippen LogP contribution in [0.2, 0.25) is 0 Å². The Kier molecular flexibility index (Phi) is 18.4. The Hall–Kier alpha value is -16.9. The van der Waals surface area contributed by atoms with Crippen LogP contribution in [0.1, 0.15) is 0 Å². The van der Waals surface area contributed by atoms with E-state index in [1.165, 1.54) is 115 Å². The second-order valence-corrected chi connectivity index (χ2v) is 31.6. The highest BCUT2D eigenvalue weighted by Crippen LogP contribution is 2.41. The lowest BCUT2D eigenvalue weighted by atomic mass is 10.00. The molecule has 0 N–H and O–H groups in total. The summed E-state index contributed by atoms with van der Waals surface area (Å²) in [5.74, 6) is 0.742. The molecule has 25 aromatic rings. The monoisotopic (exact) mass is 1600 g/mol. The standard InChI is InChI=1S/C47H31N3.C41H27N3.C28H19N3/c1-2-12-32(13-3-1)35-30-42(33-22-26-36(27-23-33)49-44-18-8-4-14-38(44)39-15-5-9-19-45(39)49)48-43(31-35)34-24-28-37(29-25-34)50-46-20-10-6-16-40(46)41-17-7-11-21-47(41)50;1-5-16-38-32(10-1)33-11-2-6-17-39(33)43(38)30-24-20-28(21-25-30)36-14-9-15-37(42-36)29-22-26-31(27-23-29)44-40-18-7-3-12-34(40)35-13-4-8-19-41(35)44;1-2-8-21(9-3-1)28-29-18-22(19-30-28)20-14-16-23(17-15-20)31-26-12-6-4-10-24(26)25-11-5-7-13-27(25)31/h1-31H;1-27H;1-19H. The number of rotatable bonds is 12. The van der Waals surface area contributed by atoms with E-state index in [4.69, 9.17) is 9.97 Å². The molecule has 0 spiro atoms. The van der Waals surface area contributed by atoms with Gasteiger partial charge in [0.2, 0.25) is 0 Å². The van der Waals surface area contributed by atoms with Crippen LogP contribution >= 0.6 is 0 Å². The van der Waals surface area contributed by atoms with Gasteiger partial charge in [0.25, 0.3) is 0 Å². The van der Waals surface area contributed by atoms with Crippen molar-refractivity contribution in [2.24, 2.45) is 0 Å². The van der Waals surface area contributed by atoms with Crippen molar-refractivity contribution in [2.75, 3.05) is 0 Å². The molecule has 25 rings (SSSR count). The van der Waals surface area contributed by atoms with Crippen LogP contribution in [-0.2, 0) is 0 Å². The molecule has 0 bridgehead atoms. The van der Waals surface area contributed by atoms with Crippen molar-refractivity contribution >= 4 is 109 Å². The Morgan fingerprint density at radius 3 is 0.592 bits per heavy atom. The molecule has 17 aromatic carbocycles. The summed E-state index contributed by atoms with van der Waals surface area (Å²) in [4.78, 5) is 19.5. The molecule has 0 saturated carbocycles. The molecule has 8 aromatic heterocycles. The molecule has 9 nitrogen and oxygen atoms in total. The third kappa shape index (κ3) is 13.2. The molecule has 0 unspecified atom stereocenters. The number of hydrogen-bond donors (Lipinski definition) is 0. The predicted octanol–water partition coefficient (Wildman–Crippen LogP) is 29.8. The van der Waals surface area contributed by atoms with E-state index in [1.807, 2.05) is 42.7 Å². The summed E-state index contributed by atoms with van der Waals surface area (Å²) >= 11 is 0. The quantitative estimate of drug-likeness (QED) is 0.122. The van der Waals surface area contributed by atoms with Crippen molar-refractivity contribution in [3.63, 3.8) is 0 Å². The molecule has 9 heteroatoms. The van der Waals surface area contributed by atoms with E-state index in [0.29, 0.717) is 0 Å². The zero-order valence-electron chi connectivity index (χ0n) is 68.0. The van der Waals surface area contributed by atoms with Gasteiger partial charge in [0.1, 0.15) is 0 Å². The van der Waals surface area contributed by atoms with Crippen LogP contribution < -0.4 is 0 Å². The molecule has 0 amide bonds. The first-order chi connectivity index (χ1) is 62.0. The van der Waals surface area contributed by atoms with E-state index in [0.717, 1.165) is 102 Å². The van der Waals surface area contributed by atoms with Gasteiger partial charge in [0, 0.05) is 128 Å². The highest BCUT2D eigenvalue weighted by atomic mass is 15.0. The highest BCUT2D eigenvalue weighted by Gasteiger charge is 2.20. The van der Waals surface area contributed by atoms with E-state index in [2.05, 4.69) is 457 Å². The Morgan fingerprint density at radius 2 is 0.336 bits per heavy atom. The maximum atomic E-state index is 5.27. The second kappa shape index (κ2) is 31.4. The van der Waals surface area contributed by atoms with Gasteiger partial charge >= 0.3 is 0 Å². The van der Waals surface area contributed by atoms with Crippen molar-refractivity contribution in [2.45, 2.75) is 0 Å². The summed E-state index contributed by atoms with van der Waals surface area (Å²) in [5.41, 5.74) is 31.4. The number of benzene rings is 17. The summed E-state index contributed by atoms with van der Waals surface area (Å²) in [5, 5.41) is 12.7. The minimum atomic E-state index is 0.742. The van der Waals surface area contributed by atoms with Crippen molar-refractivity contribution in [1.82, 2.24) is 42.8 Å². The molecule has 0 radical (unpaired) electrons. The Bertz CT molecular complexity index is 7730. The molecular formula is C116H77N9. The first-order valence-corrected chi connectivity index (χ1v) is 42.4. The van der Waals surface area contributed by atoms with Gasteiger partial charge in [-0.1, -0.05) is 309 Å². The molecule has 125 heavy (non-hydrogen) atoms. The van der Waals surface area contributed by atoms with Gasteiger partial charge in [0.05, 0.1) is 77.9 Å². The normalized spacial score (nSPS) is 11.5. The Labute approximate surface area is 721 Å². The minimum absolute atomic E-state index is 0.742. The first kappa shape index (κ1) is 73.3. The van der Waals surface area contributed by atoms with Gasteiger partial charge in [-0.2, -0.15) is 0 Å². The van der Waals surface area contributed by atoms with E-state index >= 15 is 0 Å². The van der Waals surface area contributed by atoms with Crippen molar-refractivity contribution < 1.29 is 0 Å². The zero-order chi connectivity index (χ0) is 82.7.